The van der Waals surface area contributed by atoms with Crippen molar-refractivity contribution in [3.63, 3.8) is 0 Å². The Morgan fingerprint density at radius 3 is 1.25 bits per heavy atom. The first-order valence-electron chi connectivity index (χ1n) is 27.3. The molecule has 8 nitrogen and oxygen atoms in total. The number of nitrogens with zero attached hydrogens (tertiary/aromatic N) is 1. The second-order valence-corrected chi connectivity index (χ2v) is 19.1. The third kappa shape index (κ3) is 47.3. The van der Waals surface area contributed by atoms with E-state index in [0.29, 0.717) is 12.8 Å². The predicted octanol–water partition coefficient (Wildman–Crippen LogP) is 14.9. The monoisotopic (exact) mass is 948 g/mol. The minimum Gasteiger partial charge on any atom is -0.544 e. The second kappa shape index (κ2) is 49.7. The molecule has 0 radical (unpaired) electrons. The summed E-state index contributed by atoms with van der Waals surface area (Å²) in [5, 5.41) is 11.7. The van der Waals surface area contributed by atoms with Crippen LogP contribution >= 0.6 is 0 Å². The summed E-state index contributed by atoms with van der Waals surface area (Å²) in [4.78, 5) is 37.1. The SMILES string of the molecule is CC/C=C/C/C=C/C/C=C/CCCCCCCCCCCCCCCC(=O)OCC(COCCC(C(=O)[O-])[N+](C)(C)C)OC(=O)CCCC/C=C/C/C=C/C/C=C/C/C=C/C/C=C/CCCCC. The quantitative estimate of drug-likeness (QED) is 0.0259. The topological polar surface area (TPSA) is 102 Å². The number of carbonyl (C=O) groups is 3. The number of hydrogen-bond donors (Lipinski definition) is 0. The summed E-state index contributed by atoms with van der Waals surface area (Å²) in [6, 6.07) is -0.740. The molecule has 0 spiro atoms. The summed E-state index contributed by atoms with van der Waals surface area (Å²) in [5.41, 5.74) is 0. The summed E-state index contributed by atoms with van der Waals surface area (Å²) in [6.07, 6.45) is 67.3. The highest BCUT2D eigenvalue weighted by Crippen LogP contribution is 2.15. The summed E-state index contributed by atoms with van der Waals surface area (Å²) in [7, 11) is 5.40. The average Bonchev–Trinajstić information content (AvgIpc) is 3.30. The van der Waals surface area contributed by atoms with Crippen LogP contribution in [0.1, 0.15) is 213 Å². The molecule has 0 aromatic rings. The van der Waals surface area contributed by atoms with E-state index in [0.717, 1.165) is 77.0 Å². The van der Waals surface area contributed by atoms with Crippen molar-refractivity contribution in [3.8, 4) is 0 Å². The molecule has 0 aromatic heterocycles. The Morgan fingerprint density at radius 1 is 0.456 bits per heavy atom. The lowest BCUT2D eigenvalue weighted by Crippen LogP contribution is -2.55. The van der Waals surface area contributed by atoms with Crippen molar-refractivity contribution in [2.75, 3.05) is 41.0 Å². The summed E-state index contributed by atoms with van der Waals surface area (Å²) >= 11 is 0. The van der Waals surface area contributed by atoms with E-state index in [1.807, 2.05) is 0 Å². The number of unbranched alkanes of at least 4 members (excludes halogenated alkanes) is 18. The number of aliphatic carboxylic acids is 1. The molecule has 0 heterocycles. The highest BCUT2D eigenvalue weighted by Gasteiger charge is 2.25. The molecule has 0 fully saturated rings. The molecule has 0 amide bonds. The van der Waals surface area contributed by atoms with Gasteiger partial charge in [0.25, 0.3) is 0 Å². The fourth-order valence-corrected chi connectivity index (χ4v) is 7.52. The van der Waals surface area contributed by atoms with Crippen LogP contribution in [-0.4, -0.2) is 75.5 Å². The number of likely N-dealkylation sites (N-methyl/N-ethyl adjacent to an activating group) is 1. The van der Waals surface area contributed by atoms with Crippen LogP contribution in [0.25, 0.3) is 0 Å². The predicted molar refractivity (Wildman–Crippen MR) is 286 cm³/mol. The van der Waals surface area contributed by atoms with E-state index in [9.17, 15) is 19.5 Å². The van der Waals surface area contributed by atoms with Gasteiger partial charge in [0.1, 0.15) is 12.6 Å². The maximum atomic E-state index is 12.8. The van der Waals surface area contributed by atoms with Gasteiger partial charge in [0.15, 0.2) is 6.10 Å². The van der Waals surface area contributed by atoms with Crippen LogP contribution in [0, 0.1) is 0 Å². The van der Waals surface area contributed by atoms with E-state index in [2.05, 4.69) is 111 Å². The smallest absolute Gasteiger partial charge is 0.306 e. The Kier molecular flexibility index (Phi) is 46.9. The first kappa shape index (κ1) is 64.2. The van der Waals surface area contributed by atoms with Gasteiger partial charge >= 0.3 is 11.9 Å². The van der Waals surface area contributed by atoms with Crippen molar-refractivity contribution in [2.45, 2.75) is 225 Å². The second-order valence-electron chi connectivity index (χ2n) is 19.1. The maximum absolute atomic E-state index is 12.8. The number of carboxylic acids is 1. The molecule has 0 aliphatic carbocycles. The van der Waals surface area contributed by atoms with Crippen molar-refractivity contribution in [1.82, 2.24) is 0 Å². The highest BCUT2D eigenvalue weighted by atomic mass is 16.6. The minimum atomic E-state index is -1.13. The minimum absolute atomic E-state index is 0.0182. The molecule has 0 aromatic carbocycles. The molecule has 0 N–H and O–H groups in total. The highest BCUT2D eigenvalue weighted by molar-refractivity contribution is 5.70. The van der Waals surface area contributed by atoms with Gasteiger partial charge in [0.05, 0.1) is 40.3 Å². The van der Waals surface area contributed by atoms with E-state index in [1.54, 1.807) is 21.1 Å². The van der Waals surface area contributed by atoms with Crippen LogP contribution in [-0.2, 0) is 28.6 Å². The zero-order valence-electron chi connectivity index (χ0n) is 44.2. The van der Waals surface area contributed by atoms with E-state index in [4.69, 9.17) is 14.2 Å². The number of hydrogen-bond acceptors (Lipinski definition) is 7. The van der Waals surface area contributed by atoms with Crippen molar-refractivity contribution in [1.29, 1.82) is 0 Å². The molecule has 388 valence electrons. The first-order valence-corrected chi connectivity index (χ1v) is 27.3. The van der Waals surface area contributed by atoms with Crippen LogP contribution in [0.5, 0.6) is 0 Å². The molecular weight excluding hydrogens is 847 g/mol. The Labute approximate surface area is 417 Å². The lowest BCUT2D eigenvalue weighted by molar-refractivity contribution is -0.889. The van der Waals surface area contributed by atoms with Gasteiger partial charge in [-0.25, -0.2) is 0 Å². The third-order valence-electron chi connectivity index (χ3n) is 11.7. The Balaban J connectivity index is 4.29. The van der Waals surface area contributed by atoms with Gasteiger partial charge in [-0.1, -0.05) is 195 Å². The number of ether oxygens (including phenoxy) is 3. The standard InChI is InChI=1S/C60H101NO7/c1-6-8-10-12-14-16-18-20-22-24-26-28-29-31-32-34-36-38-40-42-44-46-48-50-58(62)67-55-56(54-66-53-52-57(60(64)65)61(3,4)5)68-59(63)51-49-47-45-43-41-39-37-35-33-30-27-25-23-21-19-17-15-13-11-9-7-2/h8,10,14-17,20-23,27,30,35,37,41,43,56-57H,6-7,9,11-13,18-19,24-26,28-29,31-34,36,38-40,42,44-55H2,1-5H3/b10-8+,16-14+,17-15+,22-20+,23-21+,30-27+,37-35+,43-41+. The third-order valence-corrected chi connectivity index (χ3v) is 11.7. The largest absolute Gasteiger partial charge is 0.544 e. The van der Waals surface area contributed by atoms with Crippen molar-refractivity contribution in [3.05, 3.63) is 97.2 Å². The molecule has 2 atom stereocenters. The maximum Gasteiger partial charge on any atom is 0.306 e. The Morgan fingerprint density at radius 2 is 0.824 bits per heavy atom. The fraction of sp³-hybridized carbons (Fsp3) is 0.683. The van der Waals surface area contributed by atoms with Crippen LogP contribution in [0.15, 0.2) is 97.2 Å². The molecule has 0 rings (SSSR count). The molecule has 68 heavy (non-hydrogen) atoms. The van der Waals surface area contributed by atoms with Crippen LogP contribution in [0.4, 0.5) is 0 Å². The number of carbonyl (C=O) groups excluding carboxylic acids is 3. The molecule has 8 heteroatoms. The number of rotatable bonds is 48. The number of esters is 2. The van der Waals surface area contributed by atoms with Crippen LogP contribution in [0.3, 0.4) is 0 Å². The Hall–Kier alpha value is -3.75. The summed E-state index contributed by atoms with van der Waals surface area (Å²) < 4.78 is 17.2. The van der Waals surface area contributed by atoms with Crippen LogP contribution in [0.2, 0.25) is 0 Å². The molecule has 0 bridgehead atoms. The van der Waals surface area contributed by atoms with Gasteiger partial charge in [-0.05, 0) is 96.3 Å². The molecule has 2 unspecified atom stereocenters. The van der Waals surface area contributed by atoms with E-state index < -0.39 is 18.1 Å². The van der Waals surface area contributed by atoms with Gasteiger partial charge in [-0.3, -0.25) is 9.59 Å². The molecule has 0 aliphatic rings. The van der Waals surface area contributed by atoms with Gasteiger partial charge in [0.2, 0.25) is 0 Å². The normalized spacial score (nSPS) is 13.6. The van der Waals surface area contributed by atoms with E-state index in [-0.39, 0.29) is 49.1 Å². The summed E-state index contributed by atoms with van der Waals surface area (Å²) in [6.45, 7) is 4.48. The average molecular weight is 948 g/mol. The van der Waals surface area contributed by atoms with Gasteiger partial charge in [-0.2, -0.15) is 0 Å². The molecular formula is C60H101NO7. The first-order chi connectivity index (χ1) is 33.1. The summed E-state index contributed by atoms with van der Waals surface area (Å²) in [5.74, 6) is -1.80. The van der Waals surface area contributed by atoms with Crippen LogP contribution < -0.4 is 5.11 Å². The molecule has 0 aliphatic heterocycles. The van der Waals surface area contributed by atoms with Crippen molar-refractivity contribution in [2.24, 2.45) is 0 Å². The number of quaternary nitrogens is 1. The lowest BCUT2D eigenvalue weighted by atomic mass is 10.0. The Bertz CT molecular complexity index is 1430. The fourth-order valence-electron chi connectivity index (χ4n) is 7.52. The van der Waals surface area contributed by atoms with E-state index >= 15 is 0 Å². The van der Waals surface area contributed by atoms with Crippen molar-refractivity contribution >= 4 is 17.9 Å². The van der Waals surface area contributed by atoms with Gasteiger partial charge in [-0.15, -0.1) is 0 Å². The zero-order valence-corrected chi connectivity index (χ0v) is 44.2. The van der Waals surface area contributed by atoms with Gasteiger partial charge in [0, 0.05) is 19.3 Å². The molecule has 0 saturated heterocycles. The molecule has 0 saturated carbocycles. The van der Waals surface area contributed by atoms with Gasteiger partial charge < -0.3 is 28.6 Å². The van der Waals surface area contributed by atoms with E-state index in [1.165, 1.54) is 96.3 Å². The zero-order chi connectivity index (χ0) is 49.9. The number of carboxylic acid groups (broad SMARTS) is 1. The number of allylic oxidation sites excluding steroid dienone is 16. The van der Waals surface area contributed by atoms with Crippen molar-refractivity contribution < 1.29 is 38.2 Å². The lowest BCUT2D eigenvalue weighted by Gasteiger charge is -2.34.